The van der Waals surface area contributed by atoms with Gasteiger partial charge in [0.25, 0.3) is 0 Å². The molecule has 15 heteroatoms. The molecule has 1 spiro atoms. The quantitative estimate of drug-likeness (QED) is 0.0967. The second kappa shape index (κ2) is 13.6. The number of allylic oxidation sites excluding steroid dienone is 2. The number of aliphatic hydroxyl groups is 9. The summed E-state index contributed by atoms with van der Waals surface area (Å²) in [4.78, 5) is 13.6. The van der Waals surface area contributed by atoms with Crippen molar-refractivity contribution in [2.75, 3.05) is 19.8 Å². The van der Waals surface area contributed by atoms with E-state index in [0.29, 0.717) is 32.1 Å². The van der Waals surface area contributed by atoms with Crippen LogP contribution in [0.1, 0.15) is 86.5 Å². The lowest BCUT2D eigenvalue weighted by Gasteiger charge is -2.72. The summed E-state index contributed by atoms with van der Waals surface area (Å²) in [5, 5.41) is 98.3. The Balaban J connectivity index is 1.04. The predicted molar refractivity (Wildman–Crippen MR) is 194 cm³/mol. The first-order chi connectivity index (χ1) is 26.1. The van der Waals surface area contributed by atoms with Crippen LogP contribution in [0.25, 0.3) is 0 Å². The van der Waals surface area contributed by atoms with Crippen LogP contribution >= 0.6 is 0 Å². The van der Waals surface area contributed by atoms with E-state index in [1.165, 1.54) is 5.57 Å². The number of ether oxygens (including phenoxy) is 5. The van der Waals surface area contributed by atoms with Crippen molar-refractivity contribution in [3.63, 3.8) is 0 Å². The molecule has 3 heterocycles. The van der Waals surface area contributed by atoms with Gasteiger partial charge in [0.2, 0.25) is 0 Å². The van der Waals surface area contributed by atoms with Gasteiger partial charge in [0.15, 0.2) is 12.6 Å². The fraction of sp³-hybridized carbons (Fsp3) is 0.927. The average molecular weight is 797 g/mol. The number of fused-ring (bicyclic) bond motifs is 7. The third-order valence-corrected chi connectivity index (χ3v) is 17.3. The zero-order chi connectivity index (χ0) is 40.7. The minimum Gasteiger partial charge on any atom is -0.461 e. The highest BCUT2D eigenvalue weighted by Gasteiger charge is 2.75. The van der Waals surface area contributed by atoms with E-state index < -0.39 is 102 Å². The van der Waals surface area contributed by atoms with Crippen molar-refractivity contribution in [3.05, 3.63) is 11.6 Å². The van der Waals surface area contributed by atoms with Crippen molar-refractivity contribution in [2.24, 2.45) is 50.2 Å². The summed E-state index contributed by atoms with van der Waals surface area (Å²) in [7, 11) is 0. The Kier molecular flexibility index (Phi) is 10.1. The molecule has 0 unspecified atom stereocenters. The van der Waals surface area contributed by atoms with Crippen LogP contribution in [0.15, 0.2) is 11.6 Å². The van der Waals surface area contributed by atoms with Crippen LogP contribution in [0.4, 0.5) is 0 Å². The molecule has 8 rings (SSSR count). The summed E-state index contributed by atoms with van der Waals surface area (Å²) in [6.07, 6.45) is -10.5. The summed E-state index contributed by atoms with van der Waals surface area (Å²) < 4.78 is 29.2. The fourth-order valence-corrected chi connectivity index (χ4v) is 13.9. The van der Waals surface area contributed by atoms with Crippen LogP contribution < -0.4 is 0 Å². The number of rotatable bonds is 6. The van der Waals surface area contributed by atoms with Crippen LogP contribution in [-0.2, 0) is 28.5 Å². The predicted octanol–water partition coefficient (Wildman–Crippen LogP) is -0.114. The smallest absolute Gasteiger partial charge is 0.315 e. The van der Waals surface area contributed by atoms with Crippen LogP contribution in [0.3, 0.4) is 0 Å². The lowest BCUT2D eigenvalue weighted by atomic mass is 9.33. The SMILES string of the molecule is CC1(C)C[C@H]2C3=CC[C@@H]4[C@@]5(C)C[C@H](O)[C@H](O[C@@H]6O[C@H](CO[C@@H]7OC[C@H](O)[C@H](O)[C@H]7O)[C@@H](O)[C@H](O)[C@H]6O)[C@@](C)(CO)[C@@H]5CC[C@@]4(C)[C@]3(C)C[C@H](O)[C@@]23C[C@@H]1OC3=O. The van der Waals surface area contributed by atoms with Gasteiger partial charge in [-0.1, -0.05) is 53.2 Å². The van der Waals surface area contributed by atoms with Gasteiger partial charge in [0.05, 0.1) is 38.1 Å². The summed E-state index contributed by atoms with van der Waals surface area (Å²) >= 11 is 0. The van der Waals surface area contributed by atoms with E-state index in [1.54, 1.807) is 0 Å². The molecular formula is C41H64O15. The maximum atomic E-state index is 13.6. The van der Waals surface area contributed by atoms with E-state index in [0.717, 1.165) is 12.8 Å². The maximum absolute atomic E-state index is 13.6. The number of hydrogen-bond acceptors (Lipinski definition) is 15. The van der Waals surface area contributed by atoms with Crippen molar-refractivity contribution in [3.8, 4) is 0 Å². The van der Waals surface area contributed by atoms with Crippen molar-refractivity contribution < 1.29 is 74.4 Å². The zero-order valence-electron chi connectivity index (χ0n) is 33.4. The molecule has 56 heavy (non-hydrogen) atoms. The lowest BCUT2D eigenvalue weighted by Crippen LogP contribution is -2.70. The lowest BCUT2D eigenvalue weighted by molar-refractivity contribution is -0.352. The van der Waals surface area contributed by atoms with Gasteiger partial charge in [-0.3, -0.25) is 4.79 Å². The van der Waals surface area contributed by atoms with E-state index in [9.17, 15) is 50.8 Å². The largest absolute Gasteiger partial charge is 0.461 e. The van der Waals surface area contributed by atoms with Gasteiger partial charge in [0.1, 0.15) is 54.2 Å². The molecule has 0 amide bonds. The Morgan fingerprint density at radius 3 is 2.20 bits per heavy atom. The molecule has 0 radical (unpaired) electrons. The van der Waals surface area contributed by atoms with Gasteiger partial charge in [-0.05, 0) is 72.5 Å². The summed E-state index contributed by atoms with van der Waals surface area (Å²) in [5.74, 6) is -0.534. The molecular weight excluding hydrogens is 732 g/mol. The molecule has 9 N–H and O–H groups in total. The number of esters is 1. The summed E-state index contributed by atoms with van der Waals surface area (Å²) in [5.41, 5.74) is -2.23. The van der Waals surface area contributed by atoms with E-state index in [1.807, 2.05) is 6.92 Å². The molecule has 7 fully saturated rings. The normalized spacial score (nSPS) is 57.6. The highest BCUT2D eigenvalue weighted by atomic mass is 16.7. The molecule has 0 aromatic heterocycles. The Morgan fingerprint density at radius 2 is 1.50 bits per heavy atom. The topological polar surface area (TPSA) is 245 Å². The van der Waals surface area contributed by atoms with E-state index >= 15 is 0 Å². The van der Waals surface area contributed by atoms with Crippen LogP contribution in [0.2, 0.25) is 0 Å². The van der Waals surface area contributed by atoms with Gasteiger partial charge in [0, 0.05) is 17.3 Å². The minimum atomic E-state index is -1.74. The number of hydrogen-bond donors (Lipinski definition) is 9. The molecule has 4 saturated carbocycles. The molecule has 3 saturated heterocycles. The maximum Gasteiger partial charge on any atom is 0.315 e. The van der Waals surface area contributed by atoms with Gasteiger partial charge in [-0.2, -0.15) is 0 Å². The Bertz CT molecular complexity index is 1570. The highest BCUT2D eigenvalue weighted by molar-refractivity contribution is 5.82. The van der Waals surface area contributed by atoms with Crippen LogP contribution in [0, 0.1) is 50.2 Å². The standard InChI is InChI=1S/C41H64O15/c1-36(2)11-19-18-7-8-24-37(3)12-20(43)32(56-34-31(50)29(48)28(47)22(54-34)16-53-33-30(49)27(46)21(44)15-52-33)38(4,17-42)23(37)9-10-39(24,5)40(18,6)13-25(45)41(19)14-26(36)55-35(41)51/h7,19-34,42-50H,8-17H2,1-6H3/t19-,20-,21-,22+,23+,24+,25-,26-,27-,28+,29-,30+,31+,32-,33-,34-,37-,38-,39+,40+,41+/m0/s1. The van der Waals surface area contributed by atoms with Gasteiger partial charge < -0.3 is 69.6 Å². The van der Waals surface area contributed by atoms with Crippen LogP contribution in [-0.4, -0.2) is 151 Å². The number of carbonyl (C=O) groups is 1. The average Bonchev–Trinajstić information content (AvgIpc) is 3.46. The third kappa shape index (κ3) is 5.52. The first-order valence-corrected chi connectivity index (χ1v) is 20.6. The minimum absolute atomic E-state index is 0.0390. The third-order valence-electron chi connectivity index (χ3n) is 17.3. The second-order valence-electron chi connectivity index (χ2n) is 20.5. The Hall–Kier alpha value is -1.31. The molecule has 15 nitrogen and oxygen atoms in total. The highest BCUT2D eigenvalue weighted by Crippen LogP contribution is 2.76. The number of carbonyl (C=O) groups excluding carboxylic acids is 1. The van der Waals surface area contributed by atoms with Gasteiger partial charge in [-0.25, -0.2) is 0 Å². The first kappa shape index (κ1) is 41.4. The van der Waals surface area contributed by atoms with Gasteiger partial charge in [-0.15, -0.1) is 0 Å². The molecule has 8 aliphatic rings. The summed E-state index contributed by atoms with van der Waals surface area (Å²) in [6, 6.07) is 0. The zero-order valence-corrected chi connectivity index (χ0v) is 33.4. The molecule has 318 valence electrons. The molecule has 3 aliphatic heterocycles. The van der Waals surface area contributed by atoms with E-state index in [2.05, 4.69) is 40.7 Å². The fourth-order valence-electron chi connectivity index (χ4n) is 13.9. The molecule has 0 aromatic rings. The second-order valence-corrected chi connectivity index (χ2v) is 20.5. The number of aliphatic hydroxyl groups excluding tert-OH is 9. The van der Waals surface area contributed by atoms with Crippen molar-refractivity contribution in [1.82, 2.24) is 0 Å². The van der Waals surface area contributed by atoms with Crippen molar-refractivity contribution in [2.45, 2.75) is 166 Å². The molecule has 2 bridgehead atoms. The Labute approximate surface area is 327 Å². The first-order valence-electron chi connectivity index (χ1n) is 20.6. The van der Waals surface area contributed by atoms with Crippen molar-refractivity contribution >= 4 is 5.97 Å². The Morgan fingerprint density at radius 1 is 0.804 bits per heavy atom. The molecule has 0 aromatic carbocycles. The van der Waals surface area contributed by atoms with E-state index in [4.69, 9.17) is 23.7 Å². The molecule has 21 atom stereocenters. The van der Waals surface area contributed by atoms with Gasteiger partial charge >= 0.3 is 5.97 Å². The van der Waals surface area contributed by atoms with Crippen molar-refractivity contribution in [1.29, 1.82) is 0 Å². The monoisotopic (exact) mass is 796 g/mol. The van der Waals surface area contributed by atoms with E-state index in [-0.39, 0.29) is 53.9 Å². The van der Waals surface area contributed by atoms with Crippen LogP contribution in [0.5, 0.6) is 0 Å². The molecule has 5 aliphatic carbocycles. The summed E-state index contributed by atoms with van der Waals surface area (Å²) in [6.45, 7) is 11.8.